The summed E-state index contributed by atoms with van der Waals surface area (Å²) in [4.78, 5) is 12.2. The molecule has 0 saturated heterocycles. The summed E-state index contributed by atoms with van der Waals surface area (Å²) in [7, 11) is 1.62. The zero-order chi connectivity index (χ0) is 21.1. The maximum Gasteiger partial charge on any atom is 0.258 e. The standard InChI is InChI=1S/C21H23BrN2O5/c1-3-27-19-11-16(12-23)10-18(22)21(19)29-14-20(25)24-13-15-5-4-6-17(9-15)28-8-7-26-2/h4-6,9-11H,3,7-8,13-14H2,1-2H3,(H,24,25). The van der Waals surface area contributed by atoms with Gasteiger partial charge in [0.1, 0.15) is 12.4 Å². The summed E-state index contributed by atoms with van der Waals surface area (Å²) in [6.45, 7) is 3.36. The minimum Gasteiger partial charge on any atom is -0.491 e. The van der Waals surface area contributed by atoms with Gasteiger partial charge in [-0.1, -0.05) is 12.1 Å². The van der Waals surface area contributed by atoms with Crippen LogP contribution in [0, 0.1) is 11.3 Å². The van der Waals surface area contributed by atoms with Crippen molar-refractivity contribution < 1.29 is 23.7 Å². The minimum absolute atomic E-state index is 0.186. The minimum atomic E-state index is -0.283. The van der Waals surface area contributed by atoms with Crippen molar-refractivity contribution in [1.29, 1.82) is 5.26 Å². The van der Waals surface area contributed by atoms with Crippen LogP contribution in [0.5, 0.6) is 17.2 Å². The van der Waals surface area contributed by atoms with Crippen LogP contribution in [-0.4, -0.2) is 39.4 Å². The van der Waals surface area contributed by atoms with Crippen molar-refractivity contribution in [2.24, 2.45) is 0 Å². The monoisotopic (exact) mass is 462 g/mol. The van der Waals surface area contributed by atoms with Crippen LogP contribution in [0.15, 0.2) is 40.9 Å². The molecule has 2 aromatic carbocycles. The van der Waals surface area contributed by atoms with Crippen LogP contribution >= 0.6 is 15.9 Å². The number of nitrogens with zero attached hydrogens (tertiary/aromatic N) is 1. The summed E-state index contributed by atoms with van der Waals surface area (Å²) in [5.41, 5.74) is 1.34. The Morgan fingerprint density at radius 3 is 2.72 bits per heavy atom. The highest BCUT2D eigenvalue weighted by molar-refractivity contribution is 9.10. The van der Waals surface area contributed by atoms with Gasteiger partial charge in [0, 0.05) is 19.7 Å². The van der Waals surface area contributed by atoms with Crippen LogP contribution in [-0.2, 0) is 16.1 Å². The summed E-state index contributed by atoms with van der Waals surface area (Å²) in [6, 6.07) is 12.7. The van der Waals surface area contributed by atoms with Gasteiger partial charge in [-0.15, -0.1) is 0 Å². The number of hydrogen-bond donors (Lipinski definition) is 1. The number of rotatable bonds is 11. The van der Waals surface area contributed by atoms with E-state index in [2.05, 4.69) is 27.3 Å². The van der Waals surface area contributed by atoms with Gasteiger partial charge in [-0.2, -0.15) is 5.26 Å². The Morgan fingerprint density at radius 2 is 2.00 bits per heavy atom. The van der Waals surface area contributed by atoms with Gasteiger partial charge < -0.3 is 24.3 Å². The molecule has 0 aromatic heterocycles. The second kappa shape index (κ2) is 11.9. The van der Waals surface area contributed by atoms with Gasteiger partial charge >= 0.3 is 0 Å². The van der Waals surface area contributed by atoms with Crippen molar-refractivity contribution in [3.05, 3.63) is 52.0 Å². The summed E-state index contributed by atoms with van der Waals surface area (Å²) in [5, 5.41) is 11.9. The predicted molar refractivity (Wildman–Crippen MR) is 111 cm³/mol. The van der Waals surface area contributed by atoms with E-state index in [9.17, 15) is 4.79 Å². The number of amides is 1. The number of hydrogen-bond acceptors (Lipinski definition) is 6. The van der Waals surface area contributed by atoms with Crippen molar-refractivity contribution in [2.45, 2.75) is 13.5 Å². The van der Waals surface area contributed by atoms with Crippen LogP contribution in [0.25, 0.3) is 0 Å². The third kappa shape index (κ3) is 7.29. The summed E-state index contributed by atoms with van der Waals surface area (Å²) >= 11 is 3.36. The largest absolute Gasteiger partial charge is 0.491 e. The van der Waals surface area contributed by atoms with Gasteiger partial charge in [-0.3, -0.25) is 4.79 Å². The highest BCUT2D eigenvalue weighted by atomic mass is 79.9. The normalized spacial score (nSPS) is 10.1. The number of nitrogens with one attached hydrogen (secondary N) is 1. The molecule has 0 atom stereocenters. The van der Waals surface area contributed by atoms with Crippen molar-refractivity contribution >= 4 is 21.8 Å². The molecule has 0 spiro atoms. The molecule has 0 saturated carbocycles. The molecule has 0 unspecified atom stereocenters. The summed E-state index contributed by atoms with van der Waals surface area (Å²) in [6.07, 6.45) is 0. The van der Waals surface area contributed by atoms with Crippen LogP contribution in [0.3, 0.4) is 0 Å². The average Bonchev–Trinajstić information content (AvgIpc) is 2.72. The number of methoxy groups -OCH3 is 1. The fourth-order valence-corrected chi connectivity index (χ4v) is 2.97. The Bertz CT molecular complexity index is 867. The highest BCUT2D eigenvalue weighted by Gasteiger charge is 2.14. The fourth-order valence-electron chi connectivity index (χ4n) is 2.41. The molecule has 154 valence electrons. The number of nitriles is 1. The first-order valence-corrected chi connectivity index (χ1v) is 9.83. The lowest BCUT2D eigenvalue weighted by atomic mass is 10.2. The van der Waals surface area contributed by atoms with E-state index in [0.717, 1.165) is 5.56 Å². The topological polar surface area (TPSA) is 89.8 Å². The molecule has 29 heavy (non-hydrogen) atoms. The number of ether oxygens (including phenoxy) is 4. The zero-order valence-corrected chi connectivity index (χ0v) is 18.0. The molecule has 1 amide bonds. The third-order valence-corrected chi connectivity index (χ3v) is 4.32. The van der Waals surface area contributed by atoms with Crippen molar-refractivity contribution in [2.75, 3.05) is 33.5 Å². The average molecular weight is 463 g/mol. The van der Waals surface area contributed by atoms with Gasteiger partial charge in [-0.25, -0.2) is 0 Å². The predicted octanol–water partition coefficient (Wildman–Crippen LogP) is 3.44. The molecule has 0 aliphatic rings. The van der Waals surface area contributed by atoms with Crippen molar-refractivity contribution in [3.63, 3.8) is 0 Å². The van der Waals surface area contributed by atoms with Crippen molar-refractivity contribution in [1.82, 2.24) is 5.32 Å². The van der Waals surface area contributed by atoms with Crippen LogP contribution in [0.4, 0.5) is 0 Å². The molecule has 0 bridgehead atoms. The molecule has 0 aliphatic heterocycles. The fraction of sp³-hybridized carbons (Fsp3) is 0.333. The van der Waals surface area contributed by atoms with E-state index >= 15 is 0 Å². The van der Waals surface area contributed by atoms with E-state index < -0.39 is 0 Å². The molecule has 0 fully saturated rings. The van der Waals surface area contributed by atoms with E-state index in [-0.39, 0.29) is 12.5 Å². The Hall–Kier alpha value is -2.76. The third-order valence-electron chi connectivity index (χ3n) is 3.73. The molecular weight excluding hydrogens is 440 g/mol. The second-order valence-corrected chi connectivity index (χ2v) is 6.74. The van der Waals surface area contributed by atoms with E-state index in [1.165, 1.54) is 0 Å². The lowest BCUT2D eigenvalue weighted by Crippen LogP contribution is -2.28. The first-order chi connectivity index (χ1) is 14.1. The molecule has 1 N–H and O–H groups in total. The molecule has 2 rings (SSSR count). The van der Waals surface area contributed by atoms with E-state index in [1.54, 1.807) is 19.2 Å². The number of benzene rings is 2. The van der Waals surface area contributed by atoms with Gasteiger partial charge in [0.15, 0.2) is 18.1 Å². The zero-order valence-electron chi connectivity index (χ0n) is 16.4. The second-order valence-electron chi connectivity index (χ2n) is 5.88. The highest BCUT2D eigenvalue weighted by Crippen LogP contribution is 2.36. The molecule has 0 aliphatic carbocycles. The number of halogens is 1. The molecule has 0 heterocycles. The molecule has 7 nitrogen and oxygen atoms in total. The summed E-state index contributed by atoms with van der Waals surface area (Å²) < 4.78 is 22.2. The summed E-state index contributed by atoms with van der Waals surface area (Å²) in [5.74, 6) is 1.23. The Morgan fingerprint density at radius 1 is 1.17 bits per heavy atom. The molecular formula is C21H23BrN2O5. The van der Waals surface area contributed by atoms with Crippen LogP contribution in [0.1, 0.15) is 18.1 Å². The van der Waals surface area contributed by atoms with Crippen LogP contribution in [0.2, 0.25) is 0 Å². The Balaban J connectivity index is 1.91. The Kier molecular flexibility index (Phi) is 9.28. The van der Waals surface area contributed by atoms with E-state index in [1.807, 2.05) is 31.2 Å². The molecule has 8 heteroatoms. The number of carbonyl (C=O) groups excluding carboxylic acids is 1. The van der Waals surface area contributed by atoms with Crippen molar-refractivity contribution in [3.8, 4) is 23.3 Å². The lowest BCUT2D eigenvalue weighted by molar-refractivity contribution is -0.123. The van der Waals surface area contributed by atoms with E-state index in [0.29, 0.717) is 53.7 Å². The molecule has 0 radical (unpaired) electrons. The maximum absolute atomic E-state index is 12.2. The first kappa shape index (κ1) is 22.5. The maximum atomic E-state index is 12.2. The van der Waals surface area contributed by atoms with Gasteiger partial charge in [-0.05, 0) is 46.6 Å². The Labute approximate surface area is 178 Å². The smallest absolute Gasteiger partial charge is 0.258 e. The SMILES string of the molecule is CCOc1cc(C#N)cc(Br)c1OCC(=O)NCc1cccc(OCCOC)c1. The quantitative estimate of drug-likeness (QED) is 0.514. The van der Waals surface area contributed by atoms with Gasteiger partial charge in [0.25, 0.3) is 5.91 Å². The van der Waals surface area contributed by atoms with E-state index in [4.69, 9.17) is 24.2 Å². The van der Waals surface area contributed by atoms with Gasteiger partial charge in [0.05, 0.1) is 29.3 Å². The lowest BCUT2D eigenvalue weighted by Gasteiger charge is -2.14. The van der Waals surface area contributed by atoms with Crippen LogP contribution < -0.4 is 19.5 Å². The first-order valence-electron chi connectivity index (χ1n) is 9.04. The molecule has 2 aromatic rings. The van der Waals surface area contributed by atoms with Gasteiger partial charge in [0.2, 0.25) is 0 Å². The number of carbonyl (C=O) groups is 1.